The molecular formula is C24H14BrClN2O4. The number of carbonyl (C=O) groups excluding carboxylic acids is 1. The number of nitrogens with zero attached hydrogens (tertiary/aromatic N) is 1. The first-order chi connectivity index (χ1) is 15.5. The standard InChI is InChI=1S/C24H14BrClN2O4/c25-17-11-14(3-7-19(17)29)24-28-18-12-16(6-8-21(18)32-24)27-23(30)22-10-9-20(31-22)13-1-4-15(26)5-2-13/h1-12,29H,(H,27,30). The highest BCUT2D eigenvalue weighted by Crippen LogP contribution is 2.32. The van der Waals surface area contributed by atoms with Gasteiger partial charge in [-0.1, -0.05) is 11.6 Å². The van der Waals surface area contributed by atoms with Crippen molar-refractivity contribution >= 4 is 50.2 Å². The van der Waals surface area contributed by atoms with Crippen LogP contribution in [-0.4, -0.2) is 16.0 Å². The number of carbonyl (C=O) groups is 1. The van der Waals surface area contributed by atoms with E-state index in [1.165, 1.54) is 0 Å². The lowest BCUT2D eigenvalue weighted by molar-refractivity contribution is 0.0997. The number of aromatic nitrogens is 1. The smallest absolute Gasteiger partial charge is 0.291 e. The molecule has 0 bridgehead atoms. The molecule has 0 radical (unpaired) electrons. The molecule has 0 saturated heterocycles. The van der Waals surface area contributed by atoms with Crippen LogP contribution in [-0.2, 0) is 0 Å². The van der Waals surface area contributed by atoms with Crippen molar-refractivity contribution in [3.05, 3.63) is 88.1 Å². The van der Waals surface area contributed by atoms with Crippen LogP contribution in [0.25, 0.3) is 33.9 Å². The zero-order valence-electron chi connectivity index (χ0n) is 16.3. The summed E-state index contributed by atoms with van der Waals surface area (Å²) in [7, 11) is 0. The van der Waals surface area contributed by atoms with Crippen molar-refractivity contribution in [1.82, 2.24) is 4.98 Å². The molecule has 0 fully saturated rings. The maximum absolute atomic E-state index is 12.6. The monoisotopic (exact) mass is 508 g/mol. The first kappa shape index (κ1) is 20.4. The highest BCUT2D eigenvalue weighted by atomic mass is 79.9. The van der Waals surface area contributed by atoms with Crippen molar-refractivity contribution < 1.29 is 18.7 Å². The number of rotatable bonds is 4. The lowest BCUT2D eigenvalue weighted by Gasteiger charge is -2.02. The Morgan fingerprint density at radius 1 is 0.938 bits per heavy atom. The lowest BCUT2D eigenvalue weighted by atomic mass is 10.2. The maximum atomic E-state index is 12.6. The average molecular weight is 510 g/mol. The Morgan fingerprint density at radius 2 is 1.72 bits per heavy atom. The van der Waals surface area contributed by atoms with E-state index in [1.807, 2.05) is 12.1 Å². The second-order valence-electron chi connectivity index (χ2n) is 6.99. The van der Waals surface area contributed by atoms with Gasteiger partial charge in [0.1, 0.15) is 17.0 Å². The van der Waals surface area contributed by atoms with E-state index in [2.05, 4.69) is 26.2 Å². The fourth-order valence-electron chi connectivity index (χ4n) is 3.19. The molecule has 2 aromatic heterocycles. The molecule has 5 aromatic rings. The second-order valence-corrected chi connectivity index (χ2v) is 8.28. The van der Waals surface area contributed by atoms with Crippen LogP contribution < -0.4 is 5.32 Å². The maximum Gasteiger partial charge on any atom is 0.291 e. The van der Waals surface area contributed by atoms with Crippen molar-refractivity contribution in [2.45, 2.75) is 0 Å². The zero-order valence-corrected chi connectivity index (χ0v) is 18.6. The molecule has 1 amide bonds. The number of hydrogen-bond donors (Lipinski definition) is 2. The number of phenols is 1. The molecule has 2 N–H and O–H groups in total. The number of aromatic hydroxyl groups is 1. The van der Waals surface area contributed by atoms with Gasteiger partial charge in [0.05, 0.1) is 4.47 Å². The number of benzene rings is 3. The fraction of sp³-hybridized carbons (Fsp3) is 0. The van der Waals surface area contributed by atoms with Gasteiger partial charge >= 0.3 is 0 Å². The van der Waals surface area contributed by atoms with Crippen LogP contribution in [0.5, 0.6) is 5.75 Å². The number of phenolic OH excluding ortho intramolecular Hbond substituents is 1. The fourth-order valence-corrected chi connectivity index (χ4v) is 3.70. The Hall–Kier alpha value is -3.55. The van der Waals surface area contributed by atoms with Gasteiger partial charge in [0.2, 0.25) is 5.89 Å². The van der Waals surface area contributed by atoms with Gasteiger partial charge in [-0.05, 0) is 88.7 Å². The van der Waals surface area contributed by atoms with E-state index in [0.29, 0.717) is 43.5 Å². The molecule has 0 spiro atoms. The second kappa shape index (κ2) is 8.18. The van der Waals surface area contributed by atoms with Crippen LogP contribution in [0.4, 0.5) is 5.69 Å². The van der Waals surface area contributed by atoms with Gasteiger partial charge in [-0.15, -0.1) is 0 Å². The van der Waals surface area contributed by atoms with Gasteiger partial charge in [-0.3, -0.25) is 4.79 Å². The van der Waals surface area contributed by atoms with Crippen LogP contribution in [0.15, 0.2) is 86.1 Å². The van der Waals surface area contributed by atoms with Gasteiger partial charge in [0, 0.05) is 21.8 Å². The molecule has 0 aliphatic carbocycles. The Labute approximate surface area is 195 Å². The van der Waals surface area contributed by atoms with Crippen LogP contribution in [0.1, 0.15) is 10.6 Å². The molecule has 2 heterocycles. The van der Waals surface area contributed by atoms with E-state index in [-0.39, 0.29) is 17.4 Å². The Kier molecular flexibility index (Phi) is 5.20. The third kappa shape index (κ3) is 4.00. The number of hydrogen-bond acceptors (Lipinski definition) is 5. The number of amides is 1. The average Bonchev–Trinajstić information content (AvgIpc) is 3.43. The summed E-state index contributed by atoms with van der Waals surface area (Å²) >= 11 is 9.20. The molecule has 5 rings (SSSR count). The minimum Gasteiger partial charge on any atom is -0.507 e. The summed E-state index contributed by atoms with van der Waals surface area (Å²) in [5.74, 6) is 0.916. The van der Waals surface area contributed by atoms with E-state index in [4.69, 9.17) is 20.4 Å². The minimum atomic E-state index is -0.379. The molecule has 32 heavy (non-hydrogen) atoms. The number of oxazole rings is 1. The van der Waals surface area contributed by atoms with Crippen LogP contribution >= 0.6 is 27.5 Å². The van der Waals surface area contributed by atoms with Crippen LogP contribution in [0, 0.1) is 0 Å². The molecule has 6 nitrogen and oxygen atoms in total. The third-order valence-corrected chi connectivity index (χ3v) is 5.69. The molecule has 0 atom stereocenters. The number of furan rings is 1. The summed E-state index contributed by atoms with van der Waals surface area (Å²) in [6, 6.07) is 20.7. The lowest BCUT2D eigenvalue weighted by Crippen LogP contribution is -2.10. The van der Waals surface area contributed by atoms with Crippen LogP contribution in [0.3, 0.4) is 0 Å². The van der Waals surface area contributed by atoms with E-state index in [9.17, 15) is 9.90 Å². The molecule has 0 unspecified atom stereocenters. The summed E-state index contributed by atoms with van der Waals surface area (Å²) in [4.78, 5) is 17.1. The van der Waals surface area contributed by atoms with Crippen molar-refractivity contribution in [1.29, 1.82) is 0 Å². The number of fused-ring (bicyclic) bond motifs is 1. The zero-order chi connectivity index (χ0) is 22.2. The first-order valence-corrected chi connectivity index (χ1v) is 10.7. The predicted octanol–water partition coefficient (Wildman–Crippen LogP) is 7.13. The molecule has 0 aliphatic rings. The molecule has 8 heteroatoms. The van der Waals surface area contributed by atoms with Crippen molar-refractivity contribution in [3.8, 4) is 28.5 Å². The number of anilines is 1. The first-order valence-electron chi connectivity index (χ1n) is 9.53. The summed E-state index contributed by atoms with van der Waals surface area (Å²) in [6.45, 7) is 0. The molecule has 0 saturated carbocycles. The molecule has 0 aliphatic heterocycles. The van der Waals surface area contributed by atoms with Gasteiger partial charge < -0.3 is 19.3 Å². The minimum absolute atomic E-state index is 0.131. The largest absolute Gasteiger partial charge is 0.507 e. The van der Waals surface area contributed by atoms with Crippen LogP contribution in [0.2, 0.25) is 5.02 Å². The summed E-state index contributed by atoms with van der Waals surface area (Å²) in [5.41, 5.74) is 3.25. The number of nitrogens with one attached hydrogen (secondary N) is 1. The van der Waals surface area contributed by atoms with Gasteiger partial charge in [-0.2, -0.15) is 0 Å². The highest BCUT2D eigenvalue weighted by Gasteiger charge is 2.15. The predicted molar refractivity (Wildman–Crippen MR) is 126 cm³/mol. The summed E-state index contributed by atoms with van der Waals surface area (Å²) in [5, 5.41) is 13.1. The third-order valence-electron chi connectivity index (χ3n) is 4.80. The van der Waals surface area contributed by atoms with Gasteiger partial charge in [-0.25, -0.2) is 4.98 Å². The van der Waals surface area contributed by atoms with Crippen molar-refractivity contribution in [3.63, 3.8) is 0 Å². The molecule has 3 aromatic carbocycles. The Balaban J connectivity index is 1.36. The van der Waals surface area contributed by atoms with Crippen molar-refractivity contribution in [2.75, 3.05) is 5.32 Å². The van der Waals surface area contributed by atoms with E-state index >= 15 is 0 Å². The molecule has 158 valence electrons. The SMILES string of the molecule is O=C(Nc1ccc2oc(-c3ccc(O)c(Br)c3)nc2c1)c1ccc(-c2ccc(Cl)cc2)o1. The normalized spacial score (nSPS) is 11.1. The Morgan fingerprint density at radius 3 is 2.50 bits per heavy atom. The van der Waals surface area contributed by atoms with E-state index in [0.717, 1.165) is 5.56 Å². The number of halogens is 2. The summed E-state index contributed by atoms with van der Waals surface area (Å²) in [6.07, 6.45) is 0. The highest BCUT2D eigenvalue weighted by molar-refractivity contribution is 9.10. The molecular weight excluding hydrogens is 496 g/mol. The van der Waals surface area contributed by atoms with E-state index in [1.54, 1.807) is 60.7 Å². The Bertz CT molecular complexity index is 1460. The van der Waals surface area contributed by atoms with E-state index < -0.39 is 0 Å². The van der Waals surface area contributed by atoms with Gasteiger partial charge in [0.15, 0.2) is 11.3 Å². The summed E-state index contributed by atoms with van der Waals surface area (Å²) < 4.78 is 12.0. The quantitative estimate of drug-likeness (QED) is 0.269. The van der Waals surface area contributed by atoms with Gasteiger partial charge in [0.25, 0.3) is 5.91 Å². The topological polar surface area (TPSA) is 88.5 Å². The van der Waals surface area contributed by atoms with Crippen molar-refractivity contribution in [2.24, 2.45) is 0 Å².